The summed E-state index contributed by atoms with van der Waals surface area (Å²) in [7, 11) is 0. The first-order chi connectivity index (χ1) is 9.34. The molecule has 1 aromatic carbocycles. The Morgan fingerprint density at radius 3 is 2.58 bits per heavy atom. The van der Waals surface area contributed by atoms with Crippen LogP contribution in [0.25, 0.3) is 0 Å². The van der Waals surface area contributed by atoms with E-state index in [1.807, 2.05) is 18.0 Å². The van der Waals surface area contributed by atoms with Crippen molar-refractivity contribution in [2.45, 2.75) is 26.2 Å². The number of thioether (sulfide) groups is 1. The second-order valence-corrected chi connectivity index (χ2v) is 5.87. The average molecular weight is 272 g/mol. The Bertz CT molecular complexity index is 468. The molecule has 1 heterocycles. The molecule has 0 bridgehead atoms. The summed E-state index contributed by atoms with van der Waals surface area (Å²) in [5.74, 6) is 2.35. The van der Waals surface area contributed by atoms with Gasteiger partial charge in [-0.05, 0) is 36.8 Å². The van der Waals surface area contributed by atoms with Crippen LogP contribution in [0.3, 0.4) is 0 Å². The Labute approximate surface area is 119 Å². The van der Waals surface area contributed by atoms with Gasteiger partial charge in [0.15, 0.2) is 0 Å². The van der Waals surface area contributed by atoms with Gasteiger partial charge < -0.3 is 0 Å². The maximum atomic E-state index is 4.28. The summed E-state index contributed by atoms with van der Waals surface area (Å²) in [4.78, 5) is 8.35. The summed E-state index contributed by atoms with van der Waals surface area (Å²) < 4.78 is 0. The van der Waals surface area contributed by atoms with Gasteiger partial charge in [0.05, 0.1) is 5.69 Å². The highest BCUT2D eigenvalue weighted by atomic mass is 32.2. The Morgan fingerprint density at radius 1 is 1.00 bits per heavy atom. The van der Waals surface area contributed by atoms with E-state index in [1.165, 1.54) is 29.7 Å². The molecule has 3 heteroatoms. The van der Waals surface area contributed by atoms with Gasteiger partial charge in [-0.15, -0.1) is 0 Å². The molecule has 0 atom stereocenters. The van der Waals surface area contributed by atoms with Gasteiger partial charge in [-0.1, -0.05) is 29.8 Å². The van der Waals surface area contributed by atoms with Crippen molar-refractivity contribution in [3.05, 3.63) is 59.7 Å². The first-order valence-corrected chi connectivity index (χ1v) is 7.88. The van der Waals surface area contributed by atoms with Crippen molar-refractivity contribution < 1.29 is 0 Å². The number of benzene rings is 1. The van der Waals surface area contributed by atoms with Crippen molar-refractivity contribution >= 4 is 11.8 Å². The highest BCUT2D eigenvalue weighted by Crippen LogP contribution is 2.10. The minimum atomic E-state index is 1.02. The monoisotopic (exact) mass is 272 g/mol. The summed E-state index contributed by atoms with van der Waals surface area (Å²) in [6.07, 6.45) is 8.78. The van der Waals surface area contributed by atoms with Crippen LogP contribution in [-0.4, -0.2) is 21.5 Å². The molecule has 0 spiro atoms. The predicted octanol–water partition coefficient (Wildman–Crippen LogP) is 3.69. The van der Waals surface area contributed by atoms with Gasteiger partial charge in [-0.3, -0.25) is 9.97 Å². The highest BCUT2D eigenvalue weighted by molar-refractivity contribution is 7.99. The van der Waals surface area contributed by atoms with E-state index in [1.54, 1.807) is 12.4 Å². The van der Waals surface area contributed by atoms with Crippen LogP contribution < -0.4 is 0 Å². The van der Waals surface area contributed by atoms with E-state index in [4.69, 9.17) is 0 Å². The third-order valence-electron chi connectivity index (χ3n) is 2.99. The number of nitrogens with zero attached hydrogens (tertiary/aromatic N) is 2. The van der Waals surface area contributed by atoms with Crippen molar-refractivity contribution in [1.82, 2.24) is 9.97 Å². The lowest BCUT2D eigenvalue weighted by Gasteiger charge is -2.03. The molecule has 19 heavy (non-hydrogen) atoms. The van der Waals surface area contributed by atoms with Crippen molar-refractivity contribution in [1.29, 1.82) is 0 Å². The Balaban J connectivity index is 1.56. The molecule has 0 fully saturated rings. The lowest BCUT2D eigenvalue weighted by Crippen LogP contribution is -1.95. The second kappa shape index (κ2) is 7.95. The van der Waals surface area contributed by atoms with Crippen molar-refractivity contribution in [3.63, 3.8) is 0 Å². The largest absolute Gasteiger partial charge is 0.261 e. The quantitative estimate of drug-likeness (QED) is 0.719. The molecule has 0 amide bonds. The maximum Gasteiger partial charge on any atom is 0.0594 e. The zero-order valence-electron chi connectivity index (χ0n) is 11.4. The van der Waals surface area contributed by atoms with Crippen LogP contribution in [-0.2, 0) is 12.8 Å². The van der Waals surface area contributed by atoms with Crippen LogP contribution in [0.4, 0.5) is 0 Å². The highest BCUT2D eigenvalue weighted by Gasteiger charge is 1.96. The minimum absolute atomic E-state index is 1.02. The van der Waals surface area contributed by atoms with E-state index in [2.05, 4.69) is 41.2 Å². The standard InChI is InChI=1S/C16H20N2S/c1-14-4-6-15(7-5-14)3-2-11-19-12-8-16-13-17-9-10-18-16/h4-7,9-10,13H,2-3,8,11-12H2,1H3. The molecular weight excluding hydrogens is 252 g/mol. The fourth-order valence-corrected chi connectivity index (χ4v) is 2.78. The molecule has 0 aliphatic rings. The third-order valence-corrected chi connectivity index (χ3v) is 4.06. The second-order valence-electron chi connectivity index (χ2n) is 4.65. The molecule has 0 aliphatic heterocycles. The molecule has 0 radical (unpaired) electrons. The van der Waals surface area contributed by atoms with Gasteiger partial charge in [-0.25, -0.2) is 0 Å². The maximum absolute atomic E-state index is 4.28. The molecule has 1 aromatic heterocycles. The van der Waals surface area contributed by atoms with Gasteiger partial charge in [0, 0.05) is 25.0 Å². The summed E-state index contributed by atoms with van der Waals surface area (Å²) in [5.41, 5.74) is 3.87. The first-order valence-electron chi connectivity index (χ1n) is 6.73. The zero-order chi connectivity index (χ0) is 13.3. The SMILES string of the molecule is Cc1ccc(CCCSCCc2cnccn2)cc1. The Hall–Kier alpha value is -1.35. The van der Waals surface area contributed by atoms with Crippen molar-refractivity contribution in [3.8, 4) is 0 Å². The average Bonchev–Trinajstić information content (AvgIpc) is 2.46. The summed E-state index contributed by atoms with van der Waals surface area (Å²) in [5, 5.41) is 0. The van der Waals surface area contributed by atoms with Crippen LogP contribution in [0.2, 0.25) is 0 Å². The van der Waals surface area contributed by atoms with Crippen LogP contribution in [0.15, 0.2) is 42.9 Å². The van der Waals surface area contributed by atoms with Crippen molar-refractivity contribution in [2.75, 3.05) is 11.5 Å². The van der Waals surface area contributed by atoms with Gasteiger partial charge in [-0.2, -0.15) is 11.8 Å². The van der Waals surface area contributed by atoms with Gasteiger partial charge in [0.1, 0.15) is 0 Å². The third kappa shape index (κ3) is 5.43. The van der Waals surface area contributed by atoms with E-state index >= 15 is 0 Å². The van der Waals surface area contributed by atoms with Crippen LogP contribution in [0, 0.1) is 6.92 Å². The molecule has 2 aromatic rings. The van der Waals surface area contributed by atoms with Gasteiger partial charge in [0.2, 0.25) is 0 Å². The molecule has 100 valence electrons. The van der Waals surface area contributed by atoms with E-state index in [-0.39, 0.29) is 0 Å². The topological polar surface area (TPSA) is 25.8 Å². The van der Waals surface area contributed by atoms with Gasteiger partial charge in [0.25, 0.3) is 0 Å². The molecule has 0 saturated carbocycles. The molecular formula is C16H20N2S. The molecule has 2 nitrogen and oxygen atoms in total. The number of rotatable bonds is 7. The Kier molecular flexibility index (Phi) is 5.89. The van der Waals surface area contributed by atoms with E-state index in [0.717, 1.165) is 17.9 Å². The van der Waals surface area contributed by atoms with Crippen LogP contribution in [0.1, 0.15) is 23.2 Å². The Morgan fingerprint density at radius 2 is 1.84 bits per heavy atom. The summed E-state index contributed by atoms with van der Waals surface area (Å²) in [6, 6.07) is 8.85. The summed E-state index contributed by atoms with van der Waals surface area (Å²) >= 11 is 2.00. The fraction of sp³-hybridized carbons (Fsp3) is 0.375. The van der Waals surface area contributed by atoms with E-state index < -0.39 is 0 Å². The minimum Gasteiger partial charge on any atom is -0.261 e. The number of aromatic nitrogens is 2. The zero-order valence-corrected chi connectivity index (χ0v) is 12.2. The number of aryl methyl sites for hydroxylation is 3. The van der Waals surface area contributed by atoms with Crippen LogP contribution >= 0.6 is 11.8 Å². The smallest absolute Gasteiger partial charge is 0.0594 e. The van der Waals surface area contributed by atoms with E-state index in [0.29, 0.717) is 0 Å². The number of hydrogen-bond acceptors (Lipinski definition) is 3. The molecule has 0 saturated heterocycles. The van der Waals surface area contributed by atoms with Crippen molar-refractivity contribution in [2.24, 2.45) is 0 Å². The lowest BCUT2D eigenvalue weighted by molar-refractivity contribution is 0.929. The normalized spacial score (nSPS) is 10.6. The molecule has 0 N–H and O–H groups in total. The lowest BCUT2D eigenvalue weighted by atomic mass is 10.1. The predicted molar refractivity (Wildman–Crippen MR) is 82.6 cm³/mol. The fourth-order valence-electron chi connectivity index (χ4n) is 1.87. The first kappa shape index (κ1) is 14.1. The molecule has 0 aliphatic carbocycles. The number of hydrogen-bond donors (Lipinski definition) is 0. The summed E-state index contributed by atoms with van der Waals surface area (Å²) in [6.45, 7) is 2.13. The molecule has 2 rings (SSSR count). The molecule has 0 unspecified atom stereocenters. The van der Waals surface area contributed by atoms with Crippen LogP contribution in [0.5, 0.6) is 0 Å². The van der Waals surface area contributed by atoms with Gasteiger partial charge >= 0.3 is 0 Å². The van der Waals surface area contributed by atoms with E-state index in [9.17, 15) is 0 Å².